The van der Waals surface area contributed by atoms with E-state index in [9.17, 15) is 28.8 Å². The van der Waals surface area contributed by atoms with E-state index in [2.05, 4.69) is 76.5 Å². The average Bonchev–Trinajstić information content (AvgIpc) is 1.66. The minimum Gasteiger partial charge on any atom is -0.453 e. The van der Waals surface area contributed by atoms with Gasteiger partial charge in [0.15, 0.2) is 0 Å². The van der Waals surface area contributed by atoms with Gasteiger partial charge in [0.2, 0.25) is 0 Å². The summed E-state index contributed by atoms with van der Waals surface area (Å²) < 4.78 is 17.7. The van der Waals surface area contributed by atoms with Crippen molar-refractivity contribution in [3.63, 3.8) is 0 Å². The maximum atomic E-state index is 12.3. The molecular weight excluding hydrogens is 1310 g/mol. The van der Waals surface area contributed by atoms with Gasteiger partial charge in [-0.3, -0.25) is 19.2 Å². The van der Waals surface area contributed by atoms with Gasteiger partial charge in [-0.2, -0.15) is 0 Å². The number of benzene rings is 4. The summed E-state index contributed by atoms with van der Waals surface area (Å²) in [4.78, 5) is 105. The highest BCUT2D eigenvalue weighted by molar-refractivity contribution is 6.02. The molecule has 4 unspecified atom stereocenters. The number of rotatable bonds is 10. The first-order chi connectivity index (χ1) is 47.0. The van der Waals surface area contributed by atoms with Crippen LogP contribution in [0.25, 0.3) is 66.9 Å². The maximum absolute atomic E-state index is 12.3. The summed E-state index contributed by atoms with van der Waals surface area (Å²) in [6, 6.07) is 29.6. The fraction of sp³-hybridized carbons (Fsp3) is 0.206. The molecule has 0 fully saturated rings. The SMILES string of the molecule is CC(C)(C)OC(=O)NCC1NC(=O)c2ccc(-n3ccc4cncnc43)cc21.CO.COC(=O)NCC1NC(=O)c2ccc(-n3ccc4cncnc43)cc21.Cl.Cl.NCC1NC(=O)c2ccc(-n3ccc4cncnc43)cc21.NCC1NC(=O)c2ccc(-n3ccc4cncnc43)cc21. The number of aliphatic hydroxyl groups excluding tert-OH is 1. The van der Waals surface area contributed by atoms with E-state index in [1.54, 1.807) is 57.7 Å². The Hall–Kier alpha value is -11.8. The smallest absolute Gasteiger partial charge is 0.407 e. The van der Waals surface area contributed by atoms with Crippen molar-refractivity contribution in [2.75, 3.05) is 40.4 Å². The van der Waals surface area contributed by atoms with Crippen LogP contribution in [0.1, 0.15) is 109 Å². The van der Waals surface area contributed by atoms with Crippen molar-refractivity contribution in [1.29, 1.82) is 0 Å². The highest BCUT2D eigenvalue weighted by Gasteiger charge is 2.33. The number of carbonyl (C=O) groups is 6. The lowest BCUT2D eigenvalue weighted by molar-refractivity contribution is 0.0520. The molecule has 31 heteroatoms. The molecule has 6 amide bonds. The predicted molar refractivity (Wildman–Crippen MR) is 372 cm³/mol. The summed E-state index contributed by atoms with van der Waals surface area (Å²) in [5.74, 6) is -0.437. The van der Waals surface area contributed by atoms with Gasteiger partial charge in [0.05, 0.1) is 31.3 Å². The normalized spacial score (nSPS) is 15.8. The Labute approximate surface area is 577 Å². The molecule has 0 radical (unpaired) electrons. The van der Waals surface area contributed by atoms with E-state index in [-0.39, 0.29) is 85.7 Å². The summed E-state index contributed by atoms with van der Waals surface area (Å²) in [5.41, 5.74) is 23.9. The fourth-order valence-electron chi connectivity index (χ4n) is 11.8. The van der Waals surface area contributed by atoms with Gasteiger partial charge in [0.1, 0.15) is 53.5 Å². The van der Waals surface area contributed by atoms with E-state index in [1.807, 2.05) is 128 Å². The van der Waals surface area contributed by atoms with Gasteiger partial charge in [-0.05, 0) is 140 Å². The molecule has 11 N–H and O–H groups in total. The molecular formula is C68H68Cl2N20O9. The number of aromatic nitrogens is 12. The number of hydrogen-bond acceptors (Lipinski definition) is 19. The van der Waals surface area contributed by atoms with Crippen molar-refractivity contribution in [3.05, 3.63) is 216 Å². The Kier molecular flexibility index (Phi) is 21.3. The molecule has 0 aliphatic carbocycles. The Morgan fingerprint density at radius 2 is 0.727 bits per heavy atom. The number of nitrogens with one attached hydrogen (secondary N) is 6. The van der Waals surface area contributed by atoms with Gasteiger partial charge in [-0.25, -0.2) is 49.5 Å². The quantitative estimate of drug-likeness (QED) is 0.0660. The highest BCUT2D eigenvalue weighted by atomic mass is 35.5. The van der Waals surface area contributed by atoms with Crippen LogP contribution in [0.2, 0.25) is 0 Å². The van der Waals surface area contributed by atoms with Crippen LogP contribution < -0.4 is 43.4 Å². The Morgan fingerprint density at radius 1 is 0.455 bits per heavy atom. The lowest BCUT2D eigenvalue weighted by Gasteiger charge is -2.21. The molecule has 12 aromatic rings. The van der Waals surface area contributed by atoms with Crippen LogP contribution in [0.15, 0.2) is 172 Å². The number of methoxy groups -OCH3 is 1. The molecule has 16 rings (SSSR count). The van der Waals surface area contributed by atoms with E-state index in [0.29, 0.717) is 35.3 Å². The number of aliphatic hydroxyl groups is 1. The summed E-state index contributed by atoms with van der Waals surface area (Å²) >= 11 is 0. The topological polar surface area (TPSA) is 388 Å². The fourth-order valence-corrected chi connectivity index (χ4v) is 11.8. The number of fused-ring (bicyclic) bond motifs is 8. The van der Waals surface area contributed by atoms with Gasteiger partial charge < -0.3 is 76.2 Å². The molecule has 29 nitrogen and oxygen atoms in total. The number of alkyl carbamates (subject to hydrolysis) is 2. The van der Waals surface area contributed by atoms with Crippen molar-refractivity contribution in [1.82, 2.24) is 90.0 Å². The minimum absolute atomic E-state index is 0. The van der Waals surface area contributed by atoms with E-state index < -0.39 is 17.8 Å². The lowest BCUT2D eigenvalue weighted by atomic mass is 10.0. The van der Waals surface area contributed by atoms with Crippen LogP contribution in [-0.4, -0.2) is 145 Å². The zero-order valence-corrected chi connectivity index (χ0v) is 55.5. The van der Waals surface area contributed by atoms with Crippen LogP contribution in [-0.2, 0) is 9.47 Å². The number of halogens is 2. The summed E-state index contributed by atoms with van der Waals surface area (Å²) in [6.45, 7) is 6.67. The van der Waals surface area contributed by atoms with Crippen LogP contribution in [0.3, 0.4) is 0 Å². The van der Waals surface area contributed by atoms with Gasteiger partial charge in [-0.1, -0.05) is 0 Å². The Morgan fingerprint density at radius 3 is 1.00 bits per heavy atom. The third-order valence-electron chi connectivity index (χ3n) is 16.3. The first kappa shape index (κ1) is 70.1. The molecule has 4 aliphatic rings. The second-order valence-corrected chi connectivity index (χ2v) is 23.4. The first-order valence-corrected chi connectivity index (χ1v) is 30.6. The van der Waals surface area contributed by atoms with Crippen LogP contribution >= 0.6 is 24.8 Å². The number of nitrogens with zero attached hydrogens (tertiary/aromatic N) is 12. The Bertz CT molecular complexity index is 4870. The number of carbonyl (C=O) groups excluding carboxylic acids is 6. The van der Waals surface area contributed by atoms with Gasteiger partial charge in [-0.15, -0.1) is 24.8 Å². The molecule has 0 saturated carbocycles. The largest absolute Gasteiger partial charge is 0.453 e. The van der Waals surface area contributed by atoms with Gasteiger partial charge in [0, 0.05) is 149 Å². The van der Waals surface area contributed by atoms with E-state index in [4.69, 9.17) is 21.3 Å². The van der Waals surface area contributed by atoms with Crippen molar-refractivity contribution < 1.29 is 43.3 Å². The standard InChI is InChI=1S/C20H21N5O3.C17H15N5O3.2C15H13N5O.CH4O.2ClH/c1-20(2,3)28-19(27)22-10-16-15-8-13(4-5-14(15)18(26)24-16)25-7-6-12-9-21-11-23-17(12)25;1-25-17(24)19-8-14-13-6-11(2-3-12(13)16(23)21-14)22-5-4-10-7-18-9-20-15(10)22;2*16-6-13-12-5-10(1-2-11(12)15(21)19-13)20-4-3-9-7-17-8-18-14(9)20;1-2;;/h4-9,11,16H,10H2,1-3H3,(H,22,27)(H,24,26);2-7,9,14H,8H2,1H3,(H,19,24)(H,21,23);2*1-5,7-8,13H,6,16H2,(H,19,21);2H,1H3;2*1H. The van der Waals surface area contributed by atoms with Crippen molar-refractivity contribution in [2.45, 2.75) is 50.5 Å². The van der Waals surface area contributed by atoms with E-state index in [0.717, 1.165) is 96.2 Å². The molecule has 4 aliphatic heterocycles. The third kappa shape index (κ3) is 14.5. The first-order valence-electron chi connectivity index (χ1n) is 30.6. The van der Waals surface area contributed by atoms with Crippen molar-refractivity contribution >= 4 is 105 Å². The zero-order valence-electron chi connectivity index (χ0n) is 53.9. The monoisotopic (exact) mass is 1380 g/mol. The third-order valence-corrected chi connectivity index (χ3v) is 16.3. The molecule has 0 spiro atoms. The molecule has 0 bridgehead atoms. The van der Waals surface area contributed by atoms with Crippen molar-refractivity contribution in [2.24, 2.45) is 11.5 Å². The number of nitrogens with two attached hydrogens (primary N) is 2. The van der Waals surface area contributed by atoms with E-state index in [1.165, 1.54) is 32.4 Å². The Balaban J connectivity index is 0.000000141. The molecule has 4 aromatic carbocycles. The minimum atomic E-state index is -0.578. The van der Waals surface area contributed by atoms with Crippen LogP contribution in [0.5, 0.6) is 0 Å². The average molecular weight is 1380 g/mol. The second kappa shape index (κ2) is 30.1. The lowest BCUT2D eigenvalue weighted by Crippen LogP contribution is -2.37. The van der Waals surface area contributed by atoms with Crippen LogP contribution in [0.4, 0.5) is 9.59 Å². The molecule has 8 aromatic heterocycles. The zero-order chi connectivity index (χ0) is 68.1. The second-order valence-electron chi connectivity index (χ2n) is 23.4. The predicted octanol–water partition coefficient (Wildman–Crippen LogP) is 7.07. The summed E-state index contributed by atoms with van der Waals surface area (Å²) in [7, 11) is 2.30. The van der Waals surface area contributed by atoms with Crippen molar-refractivity contribution in [3.8, 4) is 22.7 Å². The number of amides is 6. The molecule has 99 heavy (non-hydrogen) atoms. The maximum Gasteiger partial charge on any atom is 0.407 e. The highest BCUT2D eigenvalue weighted by Crippen LogP contribution is 2.33. The molecule has 0 saturated heterocycles. The summed E-state index contributed by atoms with van der Waals surface area (Å²) in [6.07, 6.45) is 19.8. The number of hydrogen-bond donors (Lipinski definition) is 9. The molecule has 12 heterocycles. The molecule has 508 valence electrons. The van der Waals surface area contributed by atoms with Gasteiger partial charge >= 0.3 is 12.2 Å². The van der Waals surface area contributed by atoms with E-state index >= 15 is 0 Å². The number of ether oxygens (including phenoxy) is 2. The summed E-state index contributed by atoms with van der Waals surface area (Å²) in [5, 5.41) is 27.7. The van der Waals surface area contributed by atoms with Gasteiger partial charge in [0.25, 0.3) is 23.6 Å². The molecule has 4 atom stereocenters. The van der Waals surface area contributed by atoms with Crippen LogP contribution in [0, 0.1) is 0 Å².